The lowest BCUT2D eigenvalue weighted by atomic mass is 10.1. The van der Waals surface area contributed by atoms with E-state index < -0.39 is 0 Å². The van der Waals surface area contributed by atoms with Gasteiger partial charge in [0.05, 0.1) is 5.69 Å². The molecule has 0 spiro atoms. The molecule has 0 radical (unpaired) electrons. The summed E-state index contributed by atoms with van der Waals surface area (Å²) in [5.41, 5.74) is 8.79. The maximum Gasteiger partial charge on any atom is 0.258 e. The zero-order valence-electron chi connectivity index (χ0n) is 14.4. The minimum absolute atomic E-state index is 0.0909. The number of ether oxygens (including phenoxy) is 1. The number of hydrogen-bond donors (Lipinski definition) is 1. The molecule has 1 amide bonds. The zero-order valence-corrected chi connectivity index (χ0v) is 15.2. The first kappa shape index (κ1) is 17.5. The van der Waals surface area contributed by atoms with Crippen LogP contribution in [0.5, 0.6) is 11.6 Å². The molecule has 0 aliphatic carbocycles. The summed E-state index contributed by atoms with van der Waals surface area (Å²) in [5.74, 6) is 0.813. The predicted molar refractivity (Wildman–Crippen MR) is 103 cm³/mol. The highest BCUT2D eigenvalue weighted by Gasteiger charge is 2.26. The number of fused-ring (bicyclic) bond motifs is 1. The van der Waals surface area contributed by atoms with Crippen molar-refractivity contribution in [3.8, 4) is 11.6 Å². The van der Waals surface area contributed by atoms with Crippen LogP contribution >= 0.6 is 11.6 Å². The van der Waals surface area contributed by atoms with Crippen LogP contribution in [0.3, 0.4) is 0 Å². The Morgan fingerprint density at radius 2 is 2.07 bits per heavy atom. The number of rotatable bonds is 4. The van der Waals surface area contributed by atoms with E-state index in [4.69, 9.17) is 22.1 Å². The Morgan fingerprint density at radius 3 is 2.93 bits per heavy atom. The lowest BCUT2D eigenvalue weighted by Gasteiger charge is -2.18. The Hall–Kier alpha value is -2.96. The van der Waals surface area contributed by atoms with E-state index in [2.05, 4.69) is 9.97 Å². The van der Waals surface area contributed by atoms with Crippen molar-refractivity contribution in [3.63, 3.8) is 0 Å². The average molecular weight is 381 g/mol. The minimum atomic E-state index is -0.0909. The molecule has 0 saturated heterocycles. The van der Waals surface area contributed by atoms with Gasteiger partial charge in [-0.2, -0.15) is 0 Å². The van der Waals surface area contributed by atoms with Crippen LogP contribution in [-0.4, -0.2) is 22.4 Å². The van der Waals surface area contributed by atoms with E-state index in [9.17, 15) is 4.79 Å². The molecule has 2 aromatic carbocycles. The number of nitrogens with two attached hydrogens (primary N) is 1. The van der Waals surface area contributed by atoms with E-state index in [1.165, 1.54) is 6.33 Å². The van der Waals surface area contributed by atoms with E-state index in [1.54, 1.807) is 35.2 Å². The Bertz CT molecular complexity index is 1010. The van der Waals surface area contributed by atoms with E-state index in [-0.39, 0.29) is 5.91 Å². The summed E-state index contributed by atoms with van der Waals surface area (Å²) in [6, 6.07) is 14.3. The van der Waals surface area contributed by atoms with Gasteiger partial charge in [0, 0.05) is 35.4 Å². The van der Waals surface area contributed by atoms with Crippen molar-refractivity contribution in [2.75, 3.05) is 11.4 Å². The number of nitrogens with zero attached hydrogens (tertiary/aromatic N) is 3. The number of halogens is 1. The highest BCUT2D eigenvalue weighted by atomic mass is 35.5. The lowest BCUT2D eigenvalue weighted by molar-refractivity contribution is 0.0989. The number of benzene rings is 2. The van der Waals surface area contributed by atoms with Crippen molar-refractivity contribution in [2.45, 2.75) is 13.0 Å². The molecule has 7 heteroatoms. The molecule has 0 unspecified atom stereocenters. The first-order valence-corrected chi connectivity index (χ1v) is 8.91. The molecule has 4 rings (SSSR count). The van der Waals surface area contributed by atoms with Crippen LogP contribution < -0.4 is 15.4 Å². The van der Waals surface area contributed by atoms with Crippen molar-refractivity contribution >= 4 is 23.2 Å². The summed E-state index contributed by atoms with van der Waals surface area (Å²) in [4.78, 5) is 22.9. The molecule has 136 valence electrons. The third-order valence-corrected chi connectivity index (χ3v) is 4.63. The molecule has 3 aromatic rings. The van der Waals surface area contributed by atoms with E-state index in [0.29, 0.717) is 41.0 Å². The van der Waals surface area contributed by atoms with Crippen molar-refractivity contribution < 1.29 is 9.53 Å². The fourth-order valence-corrected chi connectivity index (χ4v) is 3.24. The Morgan fingerprint density at radius 1 is 1.19 bits per heavy atom. The zero-order chi connectivity index (χ0) is 18.8. The number of aromatic nitrogens is 2. The topological polar surface area (TPSA) is 81.3 Å². The van der Waals surface area contributed by atoms with Crippen LogP contribution in [0.1, 0.15) is 21.6 Å². The molecule has 0 fully saturated rings. The van der Waals surface area contributed by atoms with Gasteiger partial charge in [-0.25, -0.2) is 9.97 Å². The van der Waals surface area contributed by atoms with Crippen LogP contribution in [0.25, 0.3) is 0 Å². The molecule has 6 nitrogen and oxygen atoms in total. The van der Waals surface area contributed by atoms with Crippen LogP contribution in [0.4, 0.5) is 5.69 Å². The fraction of sp³-hybridized carbons (Fsp3) is 0.150. The van der Waals surface area contributed by atoms with E-state index in [1.807, 2.05) is 18.2 Å². The van der Waals surface area contributed by atoms with E-state index in [0.717, 1.165) is 17.7 Å². The van der Waals surface area contributed by atoms with Crippen molar-refractivity contribution in [3.05, 3.63) is 76.7 Å². The second-order valence-electron chi connectivity index (χ2n) is 6.16. The van der Waals surface area contributed by atoms with Gasteiger partial charge in [0.15, 0.2) is 0 Å². The number of carbonyl (C=O) groups excluding carboxylic acids is 1. The van der Waals surface area contributed by atoms with Crippen molar-refractivity contribution in [2.24, 2.45) is 5.73 Å². The van der Waals surface area contributed by atoms with Gasteiger partial charge in [-0.1, -0.05) is 23.7 Å². The van der Waals surface area contributed by atoms with Gasteiger partial charge in [-0.15, -0.1) is 0 Å². The monoisotopic (exact) mass is 380 g/mol. The maximum atomic E-state index is 13.0. The summed E-state index contributed by atoms with van der Waals surface area (Å²) in [6.45, 7) is 0.930. The number of anilines is 1. The quantitative estimate of drug-likeness (QED) is 0.748. The van der Waals surface area contributed by atoms with Crippen molar-refractivity contribution in [1.82, 2.24) is 9.97 Å². The minimum Gasteiger partial charge on any atom is -0.439 e. The van der Waals surface area contributed by atoms with E-state index >= 15 is 0 Å². The molecule has 27 heavy (non-hydrogen) atoms. The Labute approximate surface area is 161 Å². The highest BCUT2D eigenvalue weighted by molar-refractivity contribution is 6.31. The van der Waals surface area contributed by atoms with Crippen LogP contribution in [0.2, 0.25) is 5.02 Å². The summed E-state index contributed by atoms with van der Waals surface area (Å²) < 4.78 is 5.76. The van der Waals surface area contributed by atoms with Gasteiger partial charge >= 0.3 is 0 Å². The van der Waals surface area contributed by atoms with Gasteiger partial charge in [0.1, 0.15) is 12.1 Å². The van der Waals surface area contributed by atoms with Crippen LogP contribution in [0.15, 0.2) is 54.9 Å². The molecular weight excluding hydrogens is 364 g/mol. The Balaban J connectivity index is 1.58. The summed E-state index contributed by atoms with van der Waals surface area (Å²) in [5, 5.41) is 0.616. The molecule has 0 bridgehead atoms. The SMILES string of the molecule is NCc1cc(Oc2cccc(C(=O)N3CCc4ccc(Cl)cc43)c2)ncn1. The largest absolute Gasteiger partial charge is 0.439 e. The molecule has 1 aromatic heterocycles. The maximum absolute atomic E-state index is 13.0. The second-order valence-corrected chi connectivity index (χ2v) is 6.60. The fourth-order valence-electron chi connectivity index (χ4n) is 3.08. The first-order chi connectivity index (χ1) is 13.1. The van der Waals surface area contributed by atoms with Crippen LogP contribution in [-0.2, 0) is 13.0 Å². The normalized spacial score (nSPS) is 12.7. The standard InChI is InChI=1S/C20H17ClN4O2/c21-15-5-4-13-6-7-25(18(13)9-15)20(26)14-2-1-3-17(8-14)27-19-10-16(11-22)23-12-24-19/h1-5,8-10,12H,6-7,11,22H2. The van der Waals surface area contributed by atoms with Crippen molar-refractivity contribution in [1.29, 1.82) is 0 Å². The number of carbonyl (C=O) groups is 1. The molecule has 0 atom stereocenters. The number of hydrogen-bond acceptors (Lipinski definition) is 5. The summed E-state index contributed by atoms with van der Waals surface area (Å²) >= 11 is 6.10. The second kappa shape index (κ2) is 7.34. The molecule has 0 saturated carbocycles. The Kier molecular flexibility index (Phi) is 4.75. The molecule has 1 aliphatic heterocycles. The predicted octanol–water partition coefficient (Wildman–Crippen LogP) is 3.58. The summed E-state index contributed by atoms with van der Waals surface area (Å²) in [6.07, 6.45) is 2.22. The molecule has 2 N–H and O–H groups in total. The molecule has 2 heterocycles. The highest BCUT2D eigenvalue weighted by Crippen LogP contribution is 2.32. The molecule has 1 aliphatic rings. The van der Waals surface area contributed by atoms with Gasteiger partial charge in [0.25, 0.3) is 5.91 Å². The van der Waals surface area contributed by atoms with Gasteiger partial charge in [-0.3, -0.25) is 4.79 Å². The number of amides is 1. The van der Waals surface area contributed by atoms with Gasteiger partial charge in [0.2, 0.25) is 5.88 Å². The summed E-state index contributed by atoms with van der Waals surface area (Å²) in [7, 11) is 0. The third-order valence-electron chi connectivity index (χ3n) is 4.40. The lowest BCUT2D eigenvalue weighted by Crippen LogP contribution is -2.28. The average Bonchev–Trinajstić information content (AvgIpc) is 3.10. The van der Waals surface area contributed by atoms with Gasteiger partial charge < -0.3 is 15.4 Å². The third kappa shape index (κ3) is 3.63. The van der Waals surface area contributed by atoms with Crippen LogP contribution in [0, 0.1) is 0 Å². The smallest absolute Gasteiger partial charge is 0.258 e. The molecular formula is C20H17ClN4O2. The first-order valence-electron chi connectivity index (χ1n) is 8.53. The van der Waals surface area contributed by atoms with Gasteiger partial charge in [-0.05, 0) is 42.3 Å².